The molecule has 2 aliphatic rings. The third-order valence-corrected chi connectivity index (χ3v) is 3.32. The van der Waals surface area contributed by atoms with Gasteiger partial charge in [0, 0.05) is 25.7 Å². The Bertz CT molecular complexity index is 317. The number of hydrogen-bond acceptors (Lipinski definition) is 3. The molecule has 0 radical (unpaired) electrons. The molecule has 1 heterocycles. The number of amides is 3. The van der Waals surface area contributed by atoms with Gasteiger partial charge in [0.1, 0.15) is 6.54 Å². The number of urea groups is 1. The van der Waals surface area contributed by atoms with Crippen LogP contribution in [0.1, 0.15) is 26.2 Å². The number of nitrogens with zero attached hydrogens (tertiary/aromatic N) is 3. The molecule has 2 N–H and O–H groups in total. The van der Waals surface area contributed by atoms with E-state index < -0.39 is 0 Å². The van der Waals surface area contributed by atoms with Crippen LogP contribution >= 0.6 is 0 Å². The second-order valence-corrected chi connectivity index (χ2v) is 4.66. The molecule has 2 rings (SSSR count). The van der Waals surface area contributed by atoms with Gasteiger partial charge in [-0.15, -0.1) is 0 Å². The van der Waals surface area contributed by atoms with Crippen molar-refractivity contribution in [1.29, 1.82) is 0 Å². The lowest BCUT2D eigenvalue weighted by molar-refractivity contribution is -0.132. The van der Waals surface area contributed by atoms with E-state index in [1.165, 1.54) is 9.91 Å². The molecule has 96 valence electrons. The summed E-state index contributed by atoms with van der Waals surface area (Å²) in [5.74, 6) is 5.58. The van der Waals surface area contributed by atoms with Crippen molar-refractivity contribution in [3.8, 4) is 0 Å². The molecule has 1 aliphatic heterocycles. The quantitative estimate of drug-likeness (QED) is 0.555. The molecule has 1 saturated heterocycles. The zero-order valence-corrected chi connectivity index (χ0v) is 10.3. The molecule has 0 atom stereocenters. The molecule has 0 aromatic rings. The first kappa shape index (κ1) is 12.2. The molecular formula is C11H20N4O2. The standard InChI is InChI=1S/C11H20N4O2/c1-2-14(9-4-5-9)10(16)8-13-6-3-7-15(12)11(13)17/h9H,2-8,12H2,1H3. The summed E-state index contributed by atoms with van der Waals surface area (Å²) in [7, 11) is 0. The van der Waals surface area contributed by atoms with Crippen LogP contribution in [0.3, 0.4) is 0 Å². The second-order valence-electron chi connectivity index (χ2n) is 4.66. The Morgan fingerprint density at radius 3 is 2.76 bits per heavy atom. The number of hydrogen-bond donors (Lipinski definition) is 1. The van der Waals surface area contributed by atoms with E-state index >= 15 is 0 Å². The van der Waals surface area contributed by atoms with E-state index in [1.807, 2.05) is 11.8 Å². The molecule has 0 aromatic carbocycles. The van der Waals surface area contributed by atoms with Crippen molar-refractivity contribution in [2.45, 2.75) is 32.2 Å². The molecule has 3 amide bonds. The number of carbonyl (C=O) groups excluding carboxylic acids is 2. The number of nitrogens with two attached hydrogens (primary N) is 1. The van der Waals surface area contributed by atoms with Crippen LogP contribution in [-0.2, 0) is 4.79 Å². The molecule has 0 aromatic heterocycles. The number of hydrazine groups is 1. The van der Waals surface area contributed by atoms with Crippen LogP contribution in [0.4, 0.5) is 4.79 Å². The van der Waals surface area contributed by atoms with Crippen LogP contribution in [0.2, 0.25) is 0 Å². The van der Waals surface area contributed by atoms with Gasteiger partial charge >= 0.3 is 6.03 Å². The lowest BCUT2D eigenvalue weighted by Crippen LogP contribution is -2.55. The Labute approximate surface area is 101 Å². The van der Waals surface area contributed by atoms with Crippen LogP contribution in [0.25, 0.3) is 0 Å². The van der Waals surface area contributed by atoms with Gasteiger partial charge in [-0.25, -0.2) is 10.6 Å². The van der Waals surface area contributed by atoms with Crippen LogP contribution < -0.4 is 5.84 Å². The second kappa shape index (κ2) is 4.91. The molecule has 1 saturated carbocycles. The molecule has 17 heavy (non-hydrogen) atoms. The van der Waals surface area contributed by atoms with Crippen LogP contribution in [0, 0.1) is 0 Å². The van der Waals surface area contributed by atoms with E-state index in [0.717, 1.165) is 25.8 Å². The topological polar surface area (TPSA) is 69.9 Å². The van der Waals surface area contributed by atoms with Gasteiger partial charge in [0.05, 0.1) is 0 Å². The average molecular weight is 240 g/mol. The van der Waals surface area contributed by atoms with Crippen molar-refractivity contribution in [2.75, 3.05) is 26.2 Å². The minimum atomic E-state index is -0.239. The van der Waals surface area contributed by atoms with Crippen LogP contribution in [-0.4, -0.2) is 59.0 Å². The highest BCUT2D eigenvalue weighted by Gasteiger charge is 2.33. The Morgan fingerprint density at radius 1 is 1.47 bits per heavy atom. The first-order valence-corrected chi connectivity index (χ1v) is 6.24. The fraction of sp³-hybridized carbons (Fsp3) is 0.818. The van der Waals surface area contributed by atoms with E-state index in [9.17, 15) is 9.59 Å². The first-order valence-electron chi connectivity index (χ1n) is 6.24. The molecule has 0 unspecified atom stereocenters. The Kier molecular flexibility index (Phi) is 3.51. The molecule has 6 nitrogen and oxygen atoms in total. The van der Waals surface area contributed by atoms with E-state index in [2.05, 4.69) is 0 Å². The maximum Gasteiger partial charge on any atom is 0.334 e. The highest BCUT2D eigenvalue weighted by atomic mass is 16.2. The summed E-state index contributed by atoms with van der Waals surface area (Å²) in [4.78, 5) is 27.2. The number of likely N-dealkylation sites (N-methyl/N-ethyl adjacent to an activating group) is 1. The van der Waals surface area contributed by atoms with E-state index in [-0.39, 0.29) is 18.5 Å². The minimum Gasteiger partial charge on any atom is -0.338 e. The third kappa shape index (κ3) is 2.69. The molecule has 2 fully saturated rings. The van der Waals surface area contributed by atoms with Crippen LogP contribution in [0.15, 0.2) is 0 Å². The van der Waals surface area contributed by atoms with Gasteiger partial charge in [0.15, 0.2) is 0 Å². The van der Waals surface area contributed by atoms with Gasteiger partial charge in [0.2, 0.25) is 5.91 Å². The van der Waals surface area contributed by atoms with Gasteiger partial charge in [0.25, 0.3) is 0 Å². The Balaban J connectivity index is 1.90. The van der Waals surface area contributed by atoms with Gasteiger partial charge in [-0.05, 0) is 26.2 Å². The summed E-state index contributed by atoms with van der Waals surface area (Å²) in [5, 5.41) is 1.18. The van der Waals surface area contributed by atoms with Gasteiger partial charge < -0.3 is 9.80 Å². The number of rotatable bonds is 4. The van der Waals surface area contributed by atoms with E-state index in [1.54, 1.807) is 0 Å². The van der Waals surface area contributed by atoms with Crippen molar-refractivity contribution in [3.63, 3.8) is 0 Å². The molecule has 1 aliphatic carbocycles. The van der Waals surface area contributed by atoms with Crippen molar-refractivity contribution < 1.29 is 9.59 Å². The first-order chi connectivity index (χ1) is 8.13. The van der Waals surface area contributed by atoms with Crippen molar-refractivity contribution in [1.82, 2.24) is 14.8 Å². The van der Waals surface area contributed by atoms with Crippen molar-refractivity contribution in [2.24, 2.45) is 5.84 Å². The predicted octanol–water partition coefficient (Wildman–Crippen LogP) is -0.00130. The number of carbonyl (C=O) groups is 2. The molecule has 0 bridgehead atoms. The summed E-state index contributed by atoms with van der Waals surface area (Å²) >= 11 is 0. The van der Waals surface area contributed by atoms with Gasteiger partial charge in [-0.3, -0.25) is 9.80 Å². The summed E-state index contributed by atoms with van der Waals surface area (Å²) in [6.07, 6.45) is 3.01. The summed E-state index contributed by atoms with van der Waals surface area (Å²) in [5.41, 5.74) is 0. The fourth-order valence-corrected chi connectivity index (χ4v) is 2.23. The Morgan fingerprint density at radius 2 is 2.18 bits per heavy atom. The van der Waals surface area contributed by atoms with Gasteiger partial charge in [-0.2, -0.15) is 0 Å². The minimum absolute atomic E-state index is 0.0404. The Hall–Kier alpha value is -1.30. The van der Waals surface area contributed by atoms with Crippen LogP contribution in [0.5, 0.6) is 0 Å². The normalized spacial score (nSPS) is 20.7. The SMILES string of the molecule is CCN(C(=O)CN1CCCN(N)C1=O)C1CC1. The zero-order chi connectivity index (χ0) is 12.4. The maximum atomic E-state index is 12.0. The monoisotopic (exact) mass is 240 g/mol. The van der Waals surface area contributed by atoms with Crippen molar-refractivity contribution >= 4 is 11.9 Å². The molecule has 0 spiro atoms. The largest absolute Gasteiger partial charge is 0.338 e. The highest BCUT2D eigenvalue weighted by molar-refractivity contribution is 5.84. The summed E-state index contributed by atoms with van der Waals surface area (Å²) < 4.78 is 0. The summed E-state index contributed by atoms with van der Waals surface area (Å²) in [6, 6.07) is 0.165. The zero-order valence-electron chi connectivity index (χ0n) is 10.3. The molecular weight excluding hydrogens is 220 g/mol. The predicted molar refractivity (Wildman–Crippen MR) is 62.9 cm³/mol. The maximum absolute atomic E-state index is 12.0. The van der Waals surface area contributed by atoms with Crippen molar-refractivity contribution in [3.05, 3.63) is 0 Å². The van der Waals surface area contributed by atoms with E-state index in [0.29, 0.717) is 19.1 Å². The fourth-order valence-electron chi connectivity index (χ4n) is 2.23. The van der Waals surface area contributed by atoms with E-state index in [4.69, 9.17) is 5.84 Å². The highest BCUT2D eigenvalue weighted by Crippen LogP contribution is 2.26. The summed E-state index contributed by atoms with van der Waals surface area (Å²) in [6.45, 7) is 4.06. The molecule has 6 heteroatoms. The van der Waals surface area contributed by atoms with Gasteiger partial charge in [-0.1, -0.05) is 0 Å². The smallest absolute Gasteiger partial charge is 0.334 e. The lowest BCUT2D eigenvalue weighted by Gasteiger charge is -2.33. The average Bonchev–Trinajstić information content (AvgIpc) is 3.10. The third-order valence-electron chi connectivity index (χ3n) is 3.32. The lowest BCUT2D eigenvalue weighted by atomic mass is 10.3.